The lowest BCUT2D eigenvalue weighted by atomic mass is 9.95. The van der Waals surface area contributed by atoms with Gasteiger partial charge in [0.1, 0.15) is 25.6 Å². The first kappa shape index (κ1) is 18.3. The number of aliphatic imine (C=N–C) groups is 1. The molecule has 0 aliphatic carbocycles. The van der Waals surface area contributed by atoms with Crippen LogP contribution in [0.5, 0.6) is 0 Å². The second kappa shape index (κ2) is 6.47. The summed E-state index contributed by atoms with van der Waals surface area (Å²) < 4.78 is 10.5. The fourth-order valence-corrected chi connectivity index (χ4v) is 3.09. The maximum Gasteiger partial charge on any atom is 0.437 e. The normalized spacial score (nSPS) is 23.5. The van der Waals surface area contributed by atoms with Gasteiger partial charge in [0.05, 0.1) is 0 Å². The number of nitrogens with zero attached hydrogens (tertiary/aromatic N) is 2. The van der Waals surface area contributed by atoms with E-state index in [2.05, 4.69) is 10.3 Å². The van der Waals surface area contributed by atoms with Gasteiger partial charge in [-0.05, 0) is 33.1 Å². The summed E-state index contributed by atoms with van der Waals surface area (Å²) in [5.74, 6) is 0.0975. The molecule has 2 heterocycles. The van der Waals surface area contributed by atoms with E-state index >= 15 is 0 Å². The van der Waals surface area contributed by atoms with E-state index in [0.717, 1.165) is 15.2 Å². The Labute approximate surface area is 146 Å². The molecule has 2 rings (SSSR count). The minimum absolute atomic E-state index is 0.0975. The lowest BCUT2D eigenvalue weighted by Gasteiger charge is -2.28. The first-order valence-electron chi connectivity index (χ1n) is 7.56. The van der Waals surface area contributed by atoms with E-state index in [1.165, 1.54) is 7.05 Å². The molecule has 24 heavy (non-hydrogen) atoms. The molecule has 7 nitrogen and oxygen atoms in total. The number of rotatable bonds is 1. The topological polar surface area (TPSA) is 80.2 Å². The number of guanidine groups is 1. The molecule has 0 saturated carbocycles. The van der Waals surface area contributed by atoms with Crippen LogP contribution in [0.4, 0.5) is 9.59 Å². The van der Waals surface area contributed by atoms with Crippen molar-refractivity contribution in [2.75, 3.05) is 13.7 Å². The number of ether oxygens (including phenoxy) is 2. The van der Waals surface area contributed by atoms with Crippen LogP contribution in [-0.2, 0) is 15.0 Å². The third-order valence-electron chi connectivity index (χ3n) is 3.33. The molecule has 9 heteroatoms. The summed E-state index contributed by atoms with van der Waals surface area (Å²) in [6.45, 7) is 7.28. The van der Waals surface area contributed by atoms with E-state index < -0.39 is 23.3 Å². The van der Waals surface area contributed by atoms with Crippen LogP contribution < -0.4 is 10.8 Å². The van der Waals surface area contributed by atoms with E-state index in [4.69, 9.17) is 9.47 Å². The predicted octanol–water partition coefficient (Wildman–Crippen LogP) is 1.18. The van der Waals surface area contributed by atoms with Gasteiger partial charge in [-0.1, -0.05) is 11.5 Å². The van der Waals surface area contributed by atoms with Gasteiger partial charge in [-0.25, -0.2) is 9.59 Å². The van der Waals surface area contributed by atoms with Crippen LogP contribution in [0.1, 0.15) is 32.6 Å². The maximum absolute atomic E-state index is 12.0. The first-order chi connectivity index (χ1) is 11.0. The quantitative estimate of drug-likeness (QED) is 0.769. The average Bonchev–Trinajstić information content (AvgIpc) is 2.84. The Balaban J connectivity index is 2.34. The molecule has 130 valence electrons. The molecule has 1 saturated heterocycles. The zero-order valence-electron chi connectivity index (χ0n) is 14.8. The van der Waals surface area contributed by atoms with Crippen LogP contribution >= 0.6 is 11.3 Å². The highest BCUT2D eigenvalue weighted by atomic mass is 32.1. The smallest absolute Gasteiger partial charge is 0.437 e. The Morgan fingerprint density at radius 2 is 2.21 bits per heavy atom. The summed E-state index contributed by atoms with van der Waals surface area (Å²) in [5.41, 5.74) is -0.230. The molecule has 0 bridgehead atoms. The Kier molecular flexibility index (Phi) is 4.93. The van der Waals surface area contributed by atoms with Crippen molar-refractivity contribution >= 4 is 42.8 Å². The van der Waals surface area contributed by atoms with Gasteiger partial charge in [-0.3, -0.25) is 4.90 Å². The second-order valence-electron chi connectivity index (χ2n) is 6.97. The van der Waals surface area contributed by atoms with Crippen LogP contribution in [0.3, 0.4) is 0 Å². The molecule has 1 unspecified atom stereocenters. The molecule has 0 aromatic carbocycles. The molecule has 1 aliphatic heterocycles. The number of carbonyl (C=O) groups excluding carboxylic acids is 2. The molecular weight excluding hydrogens is 329 g/mol. The van der Waals surface area contributed by atoms with Gasteiger partial charge in [-0.15, -0.1) is 16.3 Å². The van der Waals surface area contributed by atoms with Crippen molar-refractivity contribution in [2.45, 2.75) is 38.8 Å². The highest BCUT2D eigenvalue weighted by molar-refractivity contribution is 7.11. The SMILES string of the molecule is Bc1csc(C2(C)COC(=O)N(C)/C(=N/C(=O)OC(C)(C)C)N2)c1. The number of carbonyl (C=O) groups is 2. The van der Waals surface area contributed by atoms with E-state index in [1.54, 1.807) is 32.1 Å². The highest BCUT2D eigenvalue weighted by Crippen LogP contribution is 2.27. The largest absolute Gasteiger partial charge is 0.446 e. The zero-order chi connectivity index (χ0) is 18.1. The molecule has 0 spiro atoms. The molecule has 1 aromatic heterocycles. The summed E-state index contributed by atoms with van der Waals surface area (Å²) in [5, 5.41) is 5.18. The standard InChI is InChI=1S/C15H22BN3O4S/c1-14(2,3)23-12(20)17-11-18-15(4,8-22-13(21)19(11)5)10-6-9(16)7-24-10/h6-7H,8,16H2,1-5H3,(H,17,18,20). The molecule has 0 radical (unpaired) electrons. The third-order valence-corrected chi connectivity index (χ3v) is 4.64. The van der Waals surface area contributed by atoms with Gasteiger partial charge in [0.15, 0.2) is 0 Å². The van der Waals surface area contributed by atoms with Crippen molar-refractivity contribution in [2.24, 2.45) is 4.99 Å². The van der Waals surface area contributed by atoms with Gasteiger partial charge in [-0.2, -0.15) is 0 Å². The fourth-order valence-electron chi connectivity index (χ4n) is 2.08. The molecule has 1 aromatic rings. The lowest BCUT2D eigenvalue weighted by molar-refractivity contribution is 0.0602. The van der Waals surface area contributed by atoms with Gasteiger partial charge in [0.25, 0.3) is 0 Å². The van der Waals surface area contributed by atoms with Crippen LogP contribution in [-0.4, -0.2) is 50.1 Å². The number of hydrogen-bond donors (Lipinski definition) is 1. The van der Waals surface area contributed by atoms with Crippen molar-refractivity contribution in [3.63, 3.8) is 0 Å². The molecule has 1 N–H and O–H groups in total. The molecule has 2 amide bonds. The Hall–Kier alpha value is -2.03. The summed E-state index contributed by atoms with van der Waals surface area (Å²) in [6.07, 6.45) is -1.35. The van der Waals surface area contributed by atoms with Crippen LogP contribution in [0, 0.1) is 0 Å². The van der Waals surface area contributed by atoms with Gasteiger partial charge >= 0.3 is 12.2 Å². The molecule has 1 aliphatic rings. The van der Waals surface area contributed by atoms with Gasteiger partial charge < -0.3 is 14.8 Å². The molecule has 1 atom stereocenters. The third kappa shape index (κ3) is 4.28. The summed E-state index contributed by atoms with van der Waals surface area (Å²) in [6, 6.07) is 2.02. The van der Waals surface area contributed by atoms with E-state index in [0.29, 0.717) is 0 Å². The van der Waals surface area contributed by atoms with Gasteiger partial charge in [0.2, 0.25) is 5.96 Å². The van der Waals surface area contributed by atoms with Crippen LogP contribution in [0.2, 0.25) is 0 Å². The minimum Gasteiger partial charge on any atom is -0.446 e. The highest BCUT2D eigenvalue weighted by Gasteiger charge is 2.37. The number of amides is 2. The molecule has 1 fully saturated rings. The number of cyclic esters (lactones) is 1. The Bertz CT molecular complexity index is 683. The first-order valence-corrected chi connectivity index (χ1v) is 8.44. The number of thiophene rings is 1. The van der Waals surface area contributed by atoms with Crippen LogP contribution in [0.15, 0.2) is 16.4 Å². The average molecular weight is 351 g/mol. The van der Waals surface area contributed by atoms with Crippen molar-refractivity contribution < 1.29 is 19.1 Å². The summed E-state index contributed by atoms with van der Waals surface area (Å²) >= 11 is 1.55. The van der Waals surface area contributed by atoms with Gasteiger partial charge in [0, 0.05) is 11.9 Å². The van der Waals surface area contributed by atoms with Crippen LogP contribution in [0.25, 0.3) is 0 Å². The zero-order valence-corrected chi connectivity index (χ0v) is 15.6. The van der Waals surface area contributed by atoms with Crippen molar-refractivity contribution in [1.82, 2.24) is 10.2 Å². The fraction of sp³-hybridized carbons (Fsp3) is 0.533. The predicted molar refractivity (Wildman–Crippen MR) is 95.8 cm³/mol. The number of nitrogens with one attached hydrogen (secondary N) is 1. The maximum atomic E-state index is 12.0. The van der Waals surface area contributed by atoms with E-state index in [1.807, 2.05) is 26.2 Å². The van der Waals surface area contributed by atoms with Crippen molar-refractivity contribution in [1.29, 1.82) is 0 Å². The van der Waals surface area contributed by atoms with E-state index in [9.17, 15) is 9.59 Å². The number of hydrogen-bond acceptors (Lipinski definition) is 5. The van der Waals surface area contributed by atoms with Crippen molar-refractivity contribution in [3.8, 4) is 0 Å². The Morgan fingerprint density at radius 3 is 2.75 bits per heavy atom. The van der Waals surface area contributed by atoms with E-state index in [-0.39, 0.29) is 12.6 Å². The van der Waals surface area contributed by atoms with Crippen molar-refractivity contribution in [3.05, 3.63) is 16.3 Å². The minimum atomic E-state index is -0.767. The molecular formula is C15H22BN3O4S. The Morgan fingerprint density at radius 1 is 1.54 bits per heavy atom. The summed E-state index contributed by atoms with van der Waals surface area (Å²) in [4.78, 5) is 30.1. The monoisotopic (exact) mass is 351 g/mol. The summed E-state index contributed by atoms with van der Waals surface area (Å²) in [7, 11) is 3.48. The second-order valence-corrected chi connectivity index (χ2v) is 7.89. The lowest BCUT2D eigenvalue weighted by Crippen LogP contribution is -2.49.